The van der Waals surface area contributed by atoms with Crippen molar-refractivity contribution < 1.29 is 0 Å². The quantitative estimate of drug-likeness (QED) is 0.256. The molecule has 0 saturated carbocycles. The SMILES string of the molecule is Br.C=CCPC(c1ccccc1)(c1ccccc1)c1ccccc1. The van der Waals surface area contributed by atoms with Gasteiger partial charge in [0.05, 0.1) is 5.16 Å². The van der Waals surface area contributed by atoms with Crippen molar-refractivity contribution in [2.24, 2.45) is 0 Å². The molecule has 0 radical (unpaired) electrons. The van der Waals surface area contributed by atoms with E-state index in [1.165, 1.54) is 16.7 Å². The minimum absolute atomic E-state index is 0. The Morgan fingerprint density at radius 2 is 1.00 bits per heavy atom. The first-order valence-corrected chi connectivity index (χ1v) is 9.11. The Balaban J connectivity index is 0.00000208. The summed E-state index contributed by atoms with van der Waals surface area (Å²) in [6.45, 7) is 3.95. The summed E-state index contributed by atoms with van der Waals surface area (Å²) in [5, 5.41) is -0.113. The summed E-state index contributed by atoms with van der Waals surface area (Å²) in [6.07, 6.45) is 3.03. The van der Waals surface area contributed by atoms with Gasteiger partial charge in [-0.15, -0.1) is 23.6 Å². The lowest BCUT2D eigenvalue weighted by atomic mass is 9.84. The molecule has 0 heterocycles. The molecule has 0 amide bonds. The molecule has 0 fully saturated rings. The molecule has 0 spiro atoms. The highest BCUT2D eigenvalue weighted by atomic mass is 79.9. The first-order chi connectivity index (χ1) is 11.4. The second kappa shape index (κ2) is 8.97. The third-order valence-electron chi connectivity index (χ3n) is 4.13. The molecule has 3 rings (SSSR count). The number of rotatable bonds is 6. The van der Waals surface area contributed by atoms with Gasteiger partial charge in [0.25, 0.3) is 0 Å². The molecule has 3 aromatic carbocycles. The van der Waals surface area contributed by atoms with E-state index >= 15 is 0 Å². The fourth-order valence-electron chi connectivity index (χ4n) is 3.10. The highest BCUT2D eigenvalue weighted by molar-refractivity contribution is 8.93. The van der Waals surface area contributed by atoms with E-state index in [0.29, 0.717) is 8.58 Å². The second-order valence-corrected chi connectivity index (χ2v) is 7.03. The Morgan fingerprint density at radius 1 is 0.667 bits per heavy atom. The monoisotopic (exact) mass is 396 g/mol. The second-order valence-electron chi connectivity index (χ2n) is 5.52. The van der Waals surface area contributed by atoms with Crippen LogP contribution in [-0.2, 0) is 5.16 Å². The standard InChI is InChI=1S/C22H21P.BrH/c1-2-18-23-22(19-12-6-3-7-13-19,20-14-8-4-9-15-20)21-16-10-5-11-17-21;/h2-17,23H,1,18H2;1H. The molecule has 0 nitrogen and oxygen atoms in total. The first-order valence-electron chi connectivity index (χ1n) is 7.90. The van der Waals surface area contributed by atoms with Crippen molar-refractivity contribution in [2.75, 3.05) is 6.16 Å². The van der Waals surface area contributed by atoms with E-state index in [2.05, 4.69) is 97.6 Å². The number of hydrogen-bond donors (Lipinski definition) is 0. The van der Waals surface area contributed by atoms with Gasteiger partial charge in [0.15, 0.2) is 0 Å². The molecule has 0 aromatic heterocycles. The van der Waals surface area contributed by atoms with Crippen molar-refractivity contribution in [3.8, 4) is 0 Å². The predicted octanol–water partition coefficient (Wildman–Crippen LogP) is 6.42. The van der Waals surface area contributed by atoms with Crippen LogP contribution in [0.15, 0.2) is 104 Å². The fraction of sp³-hybridized carbons (Fsp3) is 0.0909. The molecule has 24 heavy (non-hydrogen) atoms. The van der Waals surface area contributed by atoms with Gasteiger partial charge in [-0.05, 0) is 22.9 Å². The molecule has 0 aliphatic carbocycles. The maximum Gasteiger partial charge on any atom is 0.0622 e. The molecule has 1 unspecified atom stereocenters. The Morgan fingerprint density at radius 3 is 1.29 bits per heavy atom. The zero-order chi connectivity index (χ0) is 16.0. The zero-order valence-corrected chi connectivity index (χ0v) is 16.3. The molecular formula is C22H22BrP. The van der Waals surface area contributed by atoms with Gasteiger partial charge in [0.2, 0.25) is 0 Å². The summed E-state index contributed by atoms with van der Waals surface area (Å²) in [5.41, 5.74) is 4.03. The third kappa shape index (κ3) is 3.69. The summed E-state index contributed by atoms with van der Waals surface area (Å²) in [4.78, 5) is 0. The molecule has 1 atom stereocenters. The molecule has 0 saturated heterocycles. The third-order valence-corrected chi connectivity index (χ3v) is 6.02. The highest BCUT2D eigenvalue weighted by Gasteiger charge is 2.35. The average Bonchev–Trinajstić information content (AvgIpc) is 2.65. The summed E-state index contributed by atoms with van der Waals surface area (Å²) in [7, 11) is 0.708. The van der Waals surface area contributed by atoms with Gasteiger partial charge >= 0.3 is 0 Å². The molecule has 0 aliphatic rings. The van der Waals surface area contributed by atoms with Crippen LogP contribution in [0.5, 0.6) is 0 Å². The van der Waals surface area contributed by atoms with Gasteiger partial charge in [0, 0.05) is 0 Å². The number of halogens is 1. The van der Waals surface area contributed by atoms with Gasteiger partial charge in [-0.3, -0.25) is 0 Å². The molecule has 2 heteroatoms. The molecule has 0 N–H and O–H groups in total. The van der Waals surface area contributed by atoms with Crippen LogP contribution in [0.25, 0.3) is 0 Å². The van der Waals surface area contributed by atoms with Crippen LogP contribution in [0.1, 0.15) is 16.7 Å². The summed E-state index contributed by atoms with van der Waals surface area (Å²) < 4.78 is 0. The molecular weight excluding hydrogens is 375 g/mol. The largest absolute Gasteiger partial charge is 0.114 e. The average molecular weight is 397 g/mol. The Kier molecular flexibility index (Phi) is 6.97. The van der Waals surface area contributed by atoms with Crippen molar-refractivity contribution in [1.82, 2.24) is 0 Å². The first kappa shape index (κ1) is 18.6. The minimum atomic E-state index is -0.113. The van der Waals surface area contributed by atoms with Crippen molar-refractivity contribution >= 4 is 25.6 Å². The molecule has 3 aromatic rings. The highest BCUT2D eigenvalue weighted by Crippen LogP contribution is 2.52. The van der Waals surface area contributed by atoms with Gasteiger partial charge in [0.1, 0.15) is 0 Å². The van der Waals surface area contributed by atoms with Crippen LogP contribution in [0, 0.1) is 0 Å². The van der Waals surface area contributed by atoms with Gasteiger partial charge < -0.3 is 0 Å². The Bertz CT molecular complexity index is 642. The van der Waals surface area contributed by atoms with Crippen LogP contribution < -0.4 is 0 Å². The van der Waals surface area contributed by atoms with Crippen molar-refractivity contribution in [3.05, 3.63) is 120 Å². The van der Waals surface area contributed by atoms with E-state index in [1.54, 1.807) is 0 Å². The summed E-state index contributed by atoms with van der Waals surface area (Å²) in [6, 6.07) is 32.5. The van der Waals surface area contributed by atoms with Gasteiger partial charge in [-0.25, -0.2) is 0 Å². The number of hydrogen-bond acceptors (Lipinski definition) is 0. The van der Waals surface area contributed by atoms with Crippen LogP contribution in [0.2, 0.25) is 0 Å². The Labute approximate surface area is 157 Å². The number of benzene rings is 3. The van der Waals surface area contributed by atoms with E-state index in [-0.39, 0.29) is 22.1 Å². The smallest absolute Gasteiger partial charge is 0.0622 e. The molecule has 0 aliphatic heterocycles. The van der Waals surface area contributed by atoms with Gasteiger partial charge in [-0.1, -0.05) is 106 Å². The lowest BCUT2D eigenvalue weighted by Crippen LogP contribution is -2.24. The maximum absolute atomic E-state index is 3.95. The topological polar surface area (TPSA) is 0 Å². The minimum Gasteiger partial charge on any atom is -0.114 e. The van der Waals surface area contributed by atoms with Crippen LogP contribution in [0.4, 0.5) is 0 Å². The van der Waals surface area contributed by atoms with Crippen molar-refractivity contribution in [1.29, 1.82) is 0 Å². The summed E-state index contributed by atoms with van der Waals surface area (Å²) >= 11 is 0. The number of allylic oxidation sites excluding steroid dienone is 1. The fourth-order valence-corrected chi connectivity index (χ4v) is 4.66. The lowest BCUT2D eigenvalue weighted by molar-refractivity contribution is 0.886. The van der Waals surface area contributed by atoms with E-state index in [0.717, 1.165) is 6.16 Å². The van der Waals surface area contributed by atoms with Crippen LogP contribution >= 0.6 is 25.6 Å². The maximum atomic E-state index is 3.95. The van der Waals surface area contributed by atoms with Crippen LogP contribution in [-0.4, -0.2) is 6.16 Å². The summed E-state index contributed by atoms with van der Waals surface area (Å²) in [5.74, 6) is 0. The zero-order valence-electron chi connectivity index (χ0n) is 13.6. The van der Waals surface area contributed by atoms with Gasteiger partial charge in [-0.2, -0.15) is 0 Å². The molecule has 0 bridgehead atoms. The van der Waals surface area contributed by atoms with E-state index in [1.807, 2.05) is 6.08 Å². The predicted molar refractivity (Wildman–Crippen MR) is 113 cm³/mol. The Hall–Kier alpha value is -1.69. The lowest BCUT2D eigenvalue weighted by Gasteiger charge is -2.36. The van der Waals surface area contributed by atoms with Crippen molar-refractivity contribution in [2.45, 2.75) is 5.16 Å². The van der Waals surface area contributed by atoms with E-state index in [4.69, 9.17) is 0 Å². The van der Waals surface area contributed by atoms with E-state index in [9.17, 15) is 0 Å². The van der Waals surface area contributed by atoms with Crippen LogP contribution in [0.3, 0.4) is 0 Å². The van der Waals surface area contributed by atoms with E-state index < -0.39 is 0 Å². The normalized spacial score (nSPS) is 11.2. The van der Waals surface area contributed by atoms with Crippen molar-refractivity contribution in [3.63, 3.8) is 0 Å². The molecule has 122 valence electrons.